The molecule has 1 aromatic heterocycles. The van der Waals surface area contributed by atoms with Gasteiger partial charge in [-0.3, -0.25) is 0 Å². The Labute approximate surface area is 169 Å². The average Bonchev–Trinajstić information content (AvgIpc) is 3.17. The topological polar surface area (TPSA) is 72.4 Å². The van der Waals surface area contributed by atoms with Gasteiger partial charge in [-0.05, 0) is 36.2 Å². The third-order valence-corrected chi connectivity index (χ3v) is 6.84. The highest BCUT2D eigenvalue weighted by molar-refractivity contribution is 7.93. The lowest BCUT2D eigenvalue weighted by Gasteiger charge is -2.23. The zero-order valence-electron chi connectivity index (χ0n) is 14.7. The number of aromatic nitrogens is 2. The van der Waals surface area contributed by atoms with E-state index in [9.17, 15) is 17.2 Å². The molecule has 0 amide bonds. The quantitative estimate of drug-likeness (QED) is 0.532. The molecule has 0 aliphatic heterocycles. The SMILES string of the molecule is COc1ccc(CN(c2nncs2)S(=O)(=O)c2cc(Cl)c(F)cc2F)c(C)c1. The predicted molar refractivity (Wildman–Crippen MR) is 102 cm³/mol. The zero-order valence-corrected chi connectivity index (χ0v) is 17.1. The van der Waals surface area contributed by atoms with Gasteiger partial charge < -0.3 is 4.74 Å². The van der Waals surface area contributed by atoms with Crippen LogP contribution in [0.3, 0.4) is 0 Å². The van der Waals surface area contributed by atoms with Crippen LogP contribution in [0.5, 0.6) is 5.75 Å². The van der Waals surface area contributed by atoms with E-state index in [4.69, 9.17) is 16.3 Å². The lowest BCUT2D eigenvalue weighted by Crippen LogP contribution is -2.31. The smallest absolute Gasteiger partial charge is 0.269 e. The van der Waals surface area contributed by atoms with Gasteiger partial charge in [0.1, 0.15) is 27.8 Å². The summed E-state index contributed by atoms with van der Waals surface area (Å²) < 4.78 is 60.2. The molecule has 6 nitrogen and oxygen atoms in total. The summed E-state index contributed by atoms with van der Waals surface area (Å²) in [5.41, 5.74) is 2.77. The Balaban J connectivity index is 2.10. The summed E-state index contributed by atoms with van der Waals surface area (Å²) in [5, 5.41) is 6.99. The number of methoxy groups -OCH3 is 1. The van der Waals surface area contributed by atoms with Crippen molar-refractivity contribution in [3.8, 4) is 5.75 Å². The first-order valence-corrected chi connectivity index (χ1v) is 10.5. The van der Waals surface area contributed by atoms with Crippen molar-refractivity contribution in [3.05, 3.63) is 63.6 Å². The molecular formula is C17H14ClF2N3O3S2. The van der Waals surface area contributed by atoms with Crippen molar-refractivity contribution >= 4 is 38.1 Å². The highest BCUT2D eigenvalue weighted by Crippen LogP contribution is 2.31. The molecule has 0 saturated heterocycles. The van der Waals surface area contributed by atoms with E-state index in [-0.39, 0.29) is 11.7 Å². The van der Waals surface area contributed by atoms with Gasteiger partial charge in [-0.25, -0.2) is 21.5 Å². The van der Waals surface area contributed by atoms with E-state index in [0.29, 0.717) is 17.4 Å². The zero-order chi connectivity index (χ0) is 20.5. The van der Waals surface area contributed by atoms with Crippen molar-refractivity contribution in [3.63, 3.8) is 0 Å². The van der Waals surface area contributed by atoms with Crippen LogP contribution in [0.4, 0.5) is 13.9 Å². The fourth-order valence-corrected chi connectivity index (χ4v) is 4.96. The van der Waals surface area contributed by atoms with Crippen molar-refractivity contribution in [1.29, 1.82) is 0 Å². The molecule has 0 N–H and O–H groups in total. The van der Waals surface area contributed by atoms with Gasteiger partial charge in [-0.1, -0.05) is 29.0 Å². The number of anilines is 1. The first kappa shape index (κ1) is 20.4. The van der Waals surface area contributed by atoms with Gasteiger partial charge in [0, 0.05) is 6.07 Å². The third kappa shape index (κ3) is 3.94. The van der Waals surface area contributed by atoms with E-state index < -0.39 is 31.6 Å². The predicted octanol–water partition coefficient (Wildman–Crippen LogP) is 4.18. The van der Waals surface area contributed by atoms with Crippen LogP contribution < -0.4 is 9.04 Å². The van der Waals surface area contributed by atoms with Crippen LogP contribution in [-0.2, 0) is 16.6 Å². The molecule has 0 saturated carbocycles. The van der Waals surface area contributed by atoms with Gasteiger partial charge in [0.05, 0.1) is 18.7 Å². The van der Waals surface area contributed by atoms with Crippen molar-refractivity contribution in [2.45, 2.75) is 18.4 Å². The van der Waals surface area contributed by atoms with E-state index >= 15 is 0 Å². The van der Waals surface area contributed by atoms with E-state index in [1.165, 1.54) is 12.6 Å². The fraction of sp³-hybridized carbons (Fsp3) is 0.176. The number of ether oxygens (including phenoxy) is 1. The van der Waals surface area contributed by atoms with Gasteiger partial charge in [0.2, 0.25) is 5.13 Å². The van der Waals surface area contributed by atoms with E-state index in [1.54, 1.807) is 25.1 Å². The lowest BCUT2D eigenvalue weighted by molar-refractivity contribution is 0.414. The summed E-state index contributed by atoms with van der Waals surface area (Å²) in [6.45, 7) is 1.65. The summed E-state index contributed by atoms with van der Waals surface area (Å²) in [4.78, 5) is -0.750. The van der Waals surface area contributed by atoms with Crippen LogP contribution in [0.25, 0.3) is 0 Å². The van der Waals surface area contributed by atoms with Crippen LogP contribution in [-0.4, -0.2) is 25.7 Å². The Kier molecular flexibility index (Phi) is 5.82. The Morgan fingerprint density at radius 2 is 1.96 bits per heavy atom. The molecule has 0 radical (unpaired) electrons. The minimum Gasteiger partial charge on any atom is -0.497 e. The fourth-order valence-electron chi connectivity index (χ4n) is 2.48. The molecule has 28 heavy (non-hydrogen) atoms. The monoisotopic (exact) mass is 445 g/mol. The molecule has 0 fully saturated rings. The minimum atomic E-state index is -4.44. The summed E-state index contributed by atoms with van der Waals surface area (Å²) >= 11 is 6.65. The molecule has 0 aliphatic rings. The average molecular weight is 446 g/mol. The maximum absolute atomic E-state index is 14.3. The molecule has 3 rings (SSSR count). The number of aryl methyl sites for hydroxylation is 1. The van der Waals surface area contributed by atoms with Gasteiger partial charge >= 0.3 is 0 Å². The normalized spacial score (nSPS) is 11.5. The first-order valence-electron chi connectivity index (χ1n) is 7.81. The Hall–Kier alpha value is -2.30. The molecule has 0 atom stereocenters. The highest BCUT2D eigenvalue weighted by Gasteiger charge is 2.31. The summed E-state index contributed by atoms with van der Waals surface area (Å²) in [6.07, 6.45) is 0. The summed E-state index contributed by atoms with van der Waals surface area (Å²) in [5.74, 6) is -1.68. The molecule has 1 heterocycles. The number of sulfonamides is 1. The molecule has 0 spiro atoms. The molecule has 0 aliphatic carbocycles. The Morgan fingerprint density at radius 1 is 1.21 bits per heavy atom. The number of halogens is 3. The molecule has 2 aromatic carbocycles. The highest BCUT2D eigenvalue weighted by atomic mass is 35.5. The first-order chi connectivity index (χ1) is 13.2. The number of hydrogen-bond acceptors (Lipinski definition) is 6. The number of nitrogens with zero attached hydrogens (tertiary/aromatic N) is 3. The molecule has 0 bridgehead atoms. The maximum atomic E-state index is 14.3. The minimum absolute atomic E-state index is 0.0371. The lowest BCUT2D eigenvalue weighted by atomic mass is 10.1. The van der Waals surface area contributed by atoms with Crippen molar-refractivity contribution in [2.24, 2.45) is 0 Å². The standard InChI is InChI=1S/C17H14ClF2N3O3S2/c1-10-5-12(26-2)4-3-11(10)8-23(17-22-21-9-27-17)28(24,25)16-6-13(18)14(19)7-15(16)20/h3-7,9H,8H2,1-2H3. The molecule has 148 valence electrons. The van der Waals surface area contributed by atoms with Crippen LogP contribution in [0.15, 0.2) is 40.7 Å². The van der Waals surface area contributed by atoms with Gasteiger partial charge in [0.25, 0.3) is 10.0 Å². The second-order valence-corrected chi connectivity index (χ2v) is 8.77. The second kappa shape index (κ2) is 7.98. The Bertz CT molecular complexity index is 1110. The van der Waals surface area contributed by atoms with E-state index in [0.717, 1.165) is 27.3 Å². The van der Waals surface area contributed by atoms with Crippen molar-refractivity contribution in [2.75, 3.05) is 11.4 Å². The van der Waals surface area contributed by atoms with Crippen molar-refractivity contribution in [1.82, 2.24) is 10.2 Å². The summed E-state index contributed by atoms with van der Waals surface area (Å²) in [6, 6.07) is 6.31. The second-order valence-electron chi connectivity index (χ2n) is 5.72. The summed E-state index contributed by atoms with van der Waals surface area (Å²) in [7, 11) is -2.92. The van der Waals surface area contributed by atoms with E-state index in [2.05, 4.69) is 10.2 Å². The third-order valence-electron chi connectivity index (χ3n) is 3.97. The molecular weight excluding hydrogens is 432 g/mol. The van der Waals surface area contributed by atoms with Gasteiger partial charge in [-0.15, -0.1) is 10.2 Å². The largest absolute Gasteiger partial charge is 0.497 e. The van der Waals surface area contributed by atoms with Crippen LogP contribution in [0.1, 0.15) is 11.1 Å². The van der Waals surface area contributed by atoms with Gasteiger partial charge in [0.15, 0.2) is 0 Å². The van der Waals surface area contributed by atoms with Crippen molar-refractivity contribution < 1.29 is 21.9 Å². The van der Waals surface area contributed by atoms with Crippen LogP contribution in [0.2, 0.25) is 5.02 Å². The van der Waals surface area contributed by atoms with E-state index in [1.807, 2.05) is 0 Å². The Morgan fingerprint density at radius 3 is 2.57 bits per heavy atom. The molecule has 0 unspecified atom stereocenters. The number of hydrogen-bond donors (Lipinski definition) is 0. The van der Waals surface area contributed by atoms with Crippen LogP contribution in [0, 0.1) is 18.6 Å². The molecule has 11 heteroatoms. The number of benzene rings is 2. The maximum Gasteiger partial charge on any atom is 0.269 e. The van der Waals surface area contributed by atoms with Crippen LogP contribution >= 0.6 is 22.9 Å². The van der Waals surface area contributed by atoms with Gasteiger partial charge in [-0.2, -0.15) is 0 Å². The number of rotatable bonds is 6. The molecule has 3 aromatic rings.